The molecule has 2 rings (SSSR count). The summed E-state index contributed by atoms with van der Waals surface area (Å²) in [5.41, 5.74) is 4.10. The van der Waals surface area contributed by atoms with Crippen LogP contribution < -0.4 is 10.2 Å². The zero-order valence-corrected chi connectivity index (χ0v) is 20.8. The van der Waals surface area contributed by atoms with Crippen molar-refractivity contribution >= 4 is 51.0 Å². The van der Waals surface area contributed by atoms with E-state index in [9.17, 15) is 19.2 Å². The standard InChI is InChI=1S/C22H29N3O6S2/c1-15(23-24-18(26)14-22(2,3)33-32-4)16-7-9-17(10-8-16)30-13-5-6-21(29)31-25-19(27)11-12-20(25)28/h7-10H,5-6,11-14H2,1-4H3,(H,24,26)/b23-15+. The molecule has 0 unspecified atom stereocenters. The summed E-state index contributed by atoms with van der Waals surface area (Å²) in [7, 11) is 3.28. The van der Waals surface area contributed by atoms with E-state index in [0.29, 0.717) is 29.4 Å². The van der Waals surface area contributed by atoms with Crippen LogP contribution in [-0.4, -0.2) is 52.1 Å². The molecule has 33 heavy (non-hydrogen) atoms. The van der Waals surface area contributed by atoms with Gasteiger partial charge in [0.25, 0.3) is 11.8 Å². The normalized spacial score (nSPS) is 14.4. The first-order chi connectivity index (χ1) is 15.6. The molecule has 0 aliphatic carbocycles. The molecule has 3 amide bonds. The van der Waals surface area contributed by atoms with Gasteiger partial charge >= 0.3 is 5.97 Å². The number of nitrogens with one attached hydrogen (secondary N) is 1. The van der Waals surface area contributed by atoms with Gasteiger partial charge in [0, 0.05) is 24.0 Å². The lowest BCUT2D eigenvalue weighted by molar-refractivity contribution is -0.197. The monoisotopic (exact) mass is 495 g/mol. The molecule has 1 fully saturated rings. The molecular formula is C22H29N3O6S2. The summed E-state index contributed by atoms with van der Waals surface area (Å²) in [5, 5.41) is 4.71. The molecule has 9 nitrogen and oxygen atoms in total. The van der Waals surface area contributed by atoms with Crippen LogP contribution in [0, 0.1) is 0 Å². The Balaban J connectivity index is 1.73. The number of hydrogen-bond donors (Lipinski definition) is 1. The van der Waals surface area contributed by atoms with Crippen LogP contribution >= 0.6 is 21.6 Å². The molecule has 0 saturated carbocycles. The Bertz CT molecular complexity index is 886. The Morgan fingerprint density at radius 2 is 1.79 bits per heavy atom. The summed E-state index contributed by atoms with van der Waals surface area (Å²) >= 11 is 0. The van der Waals surface area contributed by atoms with Crippen molar-refractivity contribution in [1.82, 2.24) is 10.5 Å². The molecule has 11 heteroatoms. The van der Waals surface area contributed by atoms with Gasteiger partial charge in [-0.05, 0) is 63.3 Å². The number of hydrazone groups is 1. The second-order valence-corrected chi connectivity index (χ2v) is 11.0. The Labute approximate surface area is 201 Å². The number of benzene rings is 1. The Morgan fingerprint density at radius 1 is 1.15 bits per heavy atom. The van der Waals surface area contributed by atoms with Crippen molar-refractivity contribution in [2.75, 3.05) is 12.9 Å². The number of hydrogen-bond acceptors (Lipinski definition) is 9. The molecule has 1 heterocycles. The molecule has 1 aliphatic rings. The maximum Gasteiger partial charge on any atom is 0.333 e. The van der Waals surface area contributed by atoms with E-state index in [0.717, 1.165) is 5.56 Å². The van der Waals surface area contributed by atoms with Gasteiger partial charge in [-0.15, -0.1) is 5.06 Å². The first kappa shape index (κ1) is 26.7. The van der Waals surface area contributed by atoms with Crippen molar-refractivity contribution in [3.8, 4) is 5.75 Å². The molecule has 180 valence electrons. The molecule has 0 atom stereocenters. The van der Waals surface area contributed by atoms with Gasteiger partial charge in [-0.3, -0.25) is 14.4 Å². The molecule has 0 spiro atoms. The highest BCUT2D eigenvalue weighted by atomic mass is 33.1. The summed E-state index contributed by atoms with van der Waals surface area (Å²) < 4.78 is 5.44. The molecule has 1 saturated heterocycles. The van der Waals surface area contributed by atoms with Crippen molar-refractivity contribution in [2.45, 2.75) is 57.6 Å². The minimum atomic E-state index is -0.651. The second-order valence-electron chi connectivity index (χ2n) is 7.94. The fraction of sp³-hybridized carbons (Fsp3) is 0.500. The lowest BCUT2D eigenvalue weighted by Crippen LogP contribution is -2.32. The van der Waals surface area contributed by atoms with Crippen molar-refractivity contribution in [1.29, 1.82) is 0 Å². The van der Waals surface area contributed by atoms with Gasteiger partial charge < -0.3 is 9.57 Å². The smallest absolute Gasteiger partial charge is 0.333 e. The Morgan fingerprint density at radius 3 is 2.39 bits per heavy atom. The number of nitrogens with zero attached hydrogens (tertiary/aromatic N) is 2. The zero-order valence-electron chi connectivity index (χ0n) is 19.2. The lowest BCUT2D eigenvalue weighted by Gasteiger charge is -2.20. The molecule has 1 aromatic carbocycles. The van der Waals surface area contributed by atoms with E-state index in [1.54, 1.807) is 40.6 Å². The van der Waals surface area contributed by atoms with Crippen LogP contribution in [0.5, 0.6) is 5.75 Å². The van der Waals surface area contributed by atoms with Gasteiger partial charge in [0.15, 0.2) is 0 Å². The van der Waals surface area contributed by atoms with Crippen LogP contribution in [0.1, 0.15) is 58.4 Å². The molecule has 1 N–H and O–H groups in total. The Hall–Kier alpha value is -2.53. The van der Waals surface area contributed by atoms with E-state index in [-0.39, 0.29) is 36.5 Å². The number of carbonyl (C=O) groups excluding carboxylic acids is 4. The van der Waals surface area contributed by atoms with Gasteiger partial charge in [0.2, 0.25) is 5.91 Å². The van der Waals surface area contributed by atoms with E-state index in [2.05, 4.69) is 10.5 Å². The second kappa shape index (κ2) is 12.6. The highest BCUT2D eigenvalue weighted by molar-refractivity contribution is 8.76. The predicted octanol–water partition coefficient (Wildman–Crippen LogP) is 3.47. The topological polar surface area (TPSA) is 114 Å². The van der Waals surface area contributed by atoms with E-state index in [4.69, 9.17) is 9.57 Å². The van der Waals surface area contributed by atoms with Crippen LogP contribution in [-0.2, 0) is 24.0 Å². The third-order valence-electron chi connectivity index (χ3n) is 4.51. The highest BCUT2D eigenvalue weighted by Crippen LogP contribution is 2.36. The number of amides is 3. The number of carbonyl (C=O) groups is 4. The van der Waals surface area contributed by atoms with Crippen molar-refractivity contribution in [3.05, 3.63) is 29.8 Å². The first-order valence-corrected chi connectivity index (χ1v) is 13.0. The lowest BCUT2D eigenvalue weighted by atomic mass is 10.1. The first-order valence-electron chi connectivity index (χ1n) is 10.5. The molecule has 0 aromatic heterocycles. The fourth-order valence-corrected chi connectivity index (χ4v) is 5.07. The molecule has 1 aromatic rings. The fourth-order valence-electron chi connectivity index (χ4n) is 2.90. The number of ether oxygens (including phenoxy) is 1. The SMILES string of the molecule is CSSC(C)(C)CC(=O)N/N=C(\C)c1ccc(OCCCC(=O)ON2C(=O)CCC2=O)cc1. The molecular weight excluding hydrogens is 466 g/mol. The quantitative estimate of drug-likeness (QED) is 0.154. The summed E-state index contributed by atoms with van der Waals surface area (Å²) in [5.74, 6) is -1.17. The average Bonchev–Trinajstić information content (AvgIpc) is 3.07. The van der Waals surface area contributed by atoms with Crippen LogP contribution in [0.4, 0.5) is 0 Å². The number of imide groups is 1. The summed E-state index contributed by atoms with van der Waals surface area (Å²) in [6.07, 6.45) is 2.87. The average molecular weight is 496 g/mol. The predicted molar refractivity (Wildman–Crippen MR) is 129 cm³/mol. The van der Waals surface area contributed by atoms with Crippen molar-refractivity contribution in [3.63, 3.8) is 0 Å². The van der Waals surface area contributed by atoms with Gasteiger partial charge in [-0.2, -0.15) is 5.10 Å². The Kier molecular flexibility index (Phi) is 10.2. The van der Waals surface area contributed by atoms with Gasteiger partial charge in [-0.25, -0.2) is 10.2 Å². The minimum absolute atomic E-state index is 0.0207. The molecule has 0 bridgehead atoms. The van der Waals surface area contributed by atoms with E-state index in [1.807, 2.05) is 32.2 Å². The van der Waals surface area contributed by atoms with Crippen LogP contribution in [0.2, 0.25) is 0 Å². The van der Waals surface area contributed by atoms with Crippen LogP contribution in [0.3, 0.4) is 0 Å². The van der Waals surface area contributed by atoms with Crippen LogP contribution in [0.15, 0.2) is 29.4 Å². The van der Waals surface area contributed by atoms with E-state index < -0.39 is 17.8 Å². The number of hydroxylamine groups is 2. The summed E-state index contributed by atoms with van der Waals surface area (Å²) in [6, 6.07) is 7.20. The van der Waals surface area contributed by atoms with Crippen LogP contribution in [0.25, 0.3) is 0 Å². The minimum Gasteiger partial charge on any atom is -0.494 e. The number of rotatable bonds is 12. The third kappa shape index (κ3) is 9.09. The summed E-state index contributed by atoms with van der Waals surface area (Å²) in [4.78, 5) is 51.6. The van der Waals surface area contributed by atoms with E-state index >= 15 is 0 Å². The van der Waals surface area contributed by atoms with E-state index in [1.165, 1.54) is 0 Å². The summed E-state index contributed by atoms with van der Waals surface area (Å²) in [6.45, 7) is 6.10. The highest BCUT2D eigenvalue weighted by Gasteiger charge is 2.32. The maximum atomic E-state index is 12.1. The van der Waals surface area contributed by atoms with Crippen molar-refractivity contribution in [2.24, 2.45) is 5.10 Å². The third-order valence-corrected chi connectivity index (χ3v) is 7.12. The van der Waals surface area contributed by atoms with Crippen molar-refractivity contribution < 1.29 is 28.8 Å². The van der Waals surface area contributed by atoms with Gasteiger partial charge in [0.05, 0.1) is 18.7 Å². The molecule has 1 aliphatic heterocycles. The van der Waals surface area contributed by atoms with Gasteiger partial charge in [0.1, 0.15) is 5.75 Å². The zero-order chi connectivity index (χ0) is 24.4. The largest absolute Gasteiger partial charge is 0.494 e. The van der Waals surface area contributed by atoms with Gasteiger partial charge in [-0.1, -0.05) is 21.6 Å². The molecule has 0 radical (unpaired) electrons. The maximum absolute atomic E-state index is 12.1.